The Bertz CT molecular complexity index is 566. The van der Waals surface area contributed by atoms with Crippen molar-refractivity contribution in [3.8, 4) is 5.75 Å². The minimum absolute atomic E-state index is 0.0544. The molecule has 1 atom stereocenters. The average Bonchev–Trinajstić information content (AvgIpc) is 2.44. The molecule has 0 spiro atoms. The monoisotopic (exact) mass is 334 g/mol. The molecule has 1 unspecified atom stereocenters. The molecule has 2 rings (SSSR count). The fourth-order valence-electron chi connectivity index (χ4n) is 2.16. The molecular weight excluding hydrogens is 316 g/mol. The number of hydrogen-bond donors (Lipinski definition) is 2. The van der Waals surface area contributed by atoms with Crippen molar-refractivity contribution in [1.29, 1.82) is 0 Å². The van der Waals surface area contributed by atoms with Gasteiger partial charge in [0, 0.05) is 16.7 Å². The van der Waals surface area contributed by atoms with Crippen molar-refractivity contribution in [2.24, 2.45) is 5.73 Å². The molecule has 4 heteroatoms. The lowest BCUT2D eigenvalue weighted by Crippen LogP contribution is -2.20. The summed E-state index contributed by atoms with van der Waals surface area (Å²) in [4.78, 5) is 0. The van der Waals surface area contributed by atoms with Crippen molar-refractivity contribution in [3.63, 3.8) is 0 Å². The predicted molar refractivity (Wildman–Crippen MR) is 87.3 cm³/mol. The highest BCUT2D eigenvalue weighted by Crippen LogP contribution is 2.25. The summed E-state index contributed by atoms with van der Waals surface area (Å²) in [6.07, 6.45) is 0. The van der Waals surface area contributed by atoms with Crippen LogP contribution < -0.4 is 15.8 Å². The lowest BCUT2D eigenvalue weighted by Gasteiger charge is -2.20. The molecule has 0 aliphatic rings. The molecule has 3 nitrogen and oxygen atoms in total. The van der Waals surface area contributed by atoms with Crippen LogP contribution >= 0.6 is 15.9 Å². The van der Waals surface area contributed by atoms with E-state index in [1.165, 1.54) is 5.56 Å². The normalized spacial score (nSPS) is 12.0. The van der Waals surface area contributed by atoms with Gasteiger partial charge < -0.3 is 15.8 Å². The van der Waals surface area contributed by atoms with Crippen LogP contribution in [0.15, 0.2) is 46.9 Å². The molecule has 0 saturated heterocycles. The Kier molecular flexibility index (Phi) is 5.04. The maximum atomic E-state index is 5.91. The highest BCUT2D eigenvalue weighted by atomic mass is 79.9. The second-order valence-electron chi connectivity index (χ2n) is 4.73. The van der Waals surface area contributed by atoms with E-state index < -0.39 is 0 Å². The highest BCUT2D eigenvalue weighted by molar-refractivity contribution is 9.10. The van der Waals surface area contributed by atoms with Crippen LogP contribution in [0.3, 0.4) is 0 Å². The maximum Gasteiger partial charge on any atom is 0.119 e. The van der Waals surface area contributed by atoms with Crippen molar-refractivity contribution >= 4 is 21.6 Å². The van der Waals surface area contributed by atoms with Crippen LogP contribution in [0.2, 0.25) is 0 Å². The second-order valence-corrected chi connectivity index (χ2v) is 5.64. The Morgan fingerprint density at radius 2 is 2.05 bits per heavy atom. The number of methoxy groups -OCH3 is 1. The lowest BCUT2D eigenvalue weighted by molar-refractivity contribution is 0.414. The molecule has 2 aromatic carbocycles. The number of ether oxygens (including phenoxy) is 1. The first kappa shape index (κ1) is 14.9. The molecule has 0 aliphatic carbocycles. The molecule has 0 aliphatic heterocycles. The number of nitrogens with one attached hydrogen (secondary N) is 1. The molecule has 0 aromatic heterocycles. The zero-order chi connectivity index (χ0) is 14.5. The molecule has 0 bridgehead atoms. The number of hydrogen-bond acceptors (Lipinski definition) is 3. The van der Waals surface area contributed by atoms with Gasteiger partial charge in [0.1, 0.15) is 5.75 Å². The number of aryl methyl sites for hydroxylation is 1. The third-order valence-corrected chi connectivity index (χ3v) is 3.57. The molecule has 0 heterocycles. The summed E-state index contributed by atoms with van der Waals surface area (Å²) in [6, 6.07) is 14.3. The van der Waals surface area contributed by atoms with Crippen molar-refractivity contribution < 1.29 is 4.74 Å². The topological polar surface area (TPSA) is 47.3 Å². The Balaban J connectivity index is 2.23. The molecule has 0 fully saturated rings. The first-order valence-electron chi connectivity index (χ1n) is 6.50. The molecule has 106 valence electrons. The van der Waals surface area contributed by atoms with Gasteiger partial charge in [-0.3, -0.25) is 0 Å². The fraction of sp³-hybridized carbons (Fsp3) is 0.250. The number of rotatable bonds is 5. The highest BCUT2D eigenvalue weighted by Gasteiger charge is 2.10. The summed E-state index contributed by atoms with van der Waals surface area (Å²) in [5.74, 6) is 0.841. The van der Waals surface area contributed by atoms with Crippen molar-refractivity contribution in [1.82, 2.24) is 0 Å². The number of nitrogens with two attached hydrogens (primary N) is 1. The molecular formula is C16H19BrN2O. The van der Waals surface area contributed by atoms with Crippen LogP contribution in [0.4, 0.5) is 5.69 Å². The van der Waals surface area contributed by atoms with E-state index in [9.17, 15) is 0 Å². The third-order valence-electron chi connectivity index (χ3n) is 3.11. The van der Waals surface area contributed by atoms with Gasteiger partial charge in [-0.05, 0) is 48.4 Å². The van der Waals surface area contributed by atoms with Gasteiger partial charge in [0.15, 0.2) is 0 Å². The van der Waals surface area contributed by atoms with E-state index in [-0.39, 0.29) is 6.04 Å². The van der Waals surface area contributed by atoms with Crippen molar-refractivity contribution in [2.75, 3.05) is 19.0 Å². The minimum atomic E-state index is 0.0544. The third kappa shape index (κ3) is 3.74. The Morgan fingerprint density at radius 1 is 1.25 bits per heavy atom. The summed E-state index contributed by atoms with van der Waals surface area (Å²) in [6.45, 7) is 2.58. The van der Waals surface area contributed by atoms with Crippen LogP contribution in [0.1, 0.15) is 17.2 Å². The van der Waals surface area contributed by atoms with Crippen LogP contribution in [0.25, 0.3) is 0 Å². The Hall–Kier alpha value is -1.52. The van der Waals surface area contributed by atoms with Crippen molar-refractivity contribution in [2.45, 2.75) is 13.0 Å². The van der Waals surface area contributed by atoms with Crippen LogP contribution in [-0.2, 0) is 0 Å². The Morgan fingerprint density at radius 3 is 2.70 bits per heavy atom. The minimum Gasteiger partial charge on any atom is -0.497 e. The van der Waals surface area contributed by atoms with Crippen LogP contribution in [0.5, 0.6) is 5.75 Å². The summed E-state index contributed by atoms with van der Waals surface area (Å²) < 4.78 is 6.32. The summed E-state index contributed by atoms with van der Waals surface area (Å²) in [7, 11) is 1.67. The molecule has 0 saturated carbocycles. The van der Waals surface area contributed by atoms with E-state index in [1.54, 1.807) is 7.11 Å². The second kappa shape index (κ2) is 6.77. The first-order chi connectivity index (χ1) is 9.62. The molecule has 0 amide bonds. The number of anilines is 1. The van der Waals surface area contributed by atoms with E-state index in [0.717, 1.165) is 21.5 Å². The number of halogens is 1. The van der Waals surface area contributed by atoms with Gasteiger partial charge >= 0.3 is 0 Å². The van der Waals surface area contributed by atoms with E-state index in [1.807, 2.05) is 18.2 Å². The molecule has 3 N–H and O–H groups in total. The standard InChI is InChI=1S/C16H19BrN2O/c1-11-6-13(17)9-14(7-11)19-16(10-18)12-4-3-5-15(8-12)20-2/h3-9,16,19H,10,18H2,1-2H3. The summed E-state index contributed by atoms with van der Waals surface area (Å²) in [5, 5.41) is 3.47. The summed E-state index contributed by atoms with van der Waals surface area (Å²) >= 11 is 3.51. The van der Waals surface area contributed by atoms with Crippen LogP contribution in [-0.4, -0.2) is 13.7 Å². The van der Waals surface area contributed by atoms with Crippen LogP contribution in [0, 0.1) is 6.92 Å². The van der Waals surface area contributed by atoms with E-state index in [0.29, 0.717) is 6.54 Å². The Labute approximate surface area is 128 Å². The van der Waals surface area contributed by atoms with E-state index in [2.05, 4.69) is 52.4 Å². The number of benzene rings is 2. The molecule has 0 radical (unpaired) electrons. The van der Waals surface area contributed by atoms with Gasteiger partial charge in [0.2, 0.25) is 0 Å². The fourth-order valence-corrected chi connectivity index (χ4v) is 2.77. The van der Waals surface area contributed by atoms with Gasteiger partial charge in [-0.2, -0.15) is 0 Å². The van der Waals surface area contributed by atoms with E-state index >= 15 is 0 Å². The quantitative estimate of drug-likeness (QED) is 0.872. The van der Waals surface area contributed by atoms with Gasteiger partial charge in [0.05, 0.1) is 13.2 Å². The van der Waals surface area contributed by atoms with Gasteiger partial charge in [0.25, 0.3) is 0 Å². The van der Waals surface area contributed by atoms with Crippen molar-refractivity contribution in [3.05, 3.63) is 58.1 Å². The molecule has 20 heavy (non-hydrogen) atoms. The van der Waals surface area contributed by atoms with Gasteiger partial charge in [-0.25, -0.2) is 0 Å². The zero-order valence-corrected chi connectivity index (χ0v) is 13.3. The average molecular weight is 335 g/mol. The predicted octanol–water partition coefficient (Wildman–Crippen LogP) is 3.88. The van der Waals surface area contributed by atoms with E-state index in [4.69, 9.17) is 10.5 Å². The summed E-state index contributed by atoms with van der Waals surface area (Å²) in [5.41, 5.74) is 9.27. The first-order valence-corrected chi connectivity index (χ1v) is 7.29. The van der Waals surface area contributed by atoms with Gasteiger partial charge in [-0.1, -0.05) is 28.1 Å². The largest absolute Gasteiger partial charge is 0.497 e. The smallest absolute Gasteiger partial charge is 0.119 e. The maximum absolute atomic E-state index is 5.91. The zero-order valence-electron chi connectivity index (χ0n) is 11.7. The van der Waals surface area contributed by atoms with Gasteiger partial charge in [-0.15, -0.1) is 0 Å². The molecule has 2 aromatic rings. The lowest BCUT2D eigenvalue weighted by atomic mass is 10.1. The SMILES string of the molecule is COc1cccc(C(CN)Nc2cc(C)cc(Br)c2)c1.